The fraction of sp³-hybridized carbons (Fsp3) is 0.143. The van der Waals surface area contributed by atoms with Crippen LogP contribution in [0.25, 0.3) is 10.9 Å². The highest BCUT2D eigenvalue weighted by atomic mass is 32.1. The molecule has 6 nitrogen and oxygen atoms in total. The highest BCUT2D eigenvalue weighted by Gasteiger charge is 2.20. The van der Waals surface area contributed by atoms with E-state index in [0.29, 0.717) is 17.7 Å². The van der Waals surface area contributed by atoms with Crippen LogP contribution in [0.1, 0.15) is 16.2 Å². The number of benzene rings is 1. The molecule has 2 aromatic heterocycles. The molecular formula is C14H12N4O2S. The number of rotatable bonds is 4. The number of hydrogen-bond donors (Lipinski definition) is 1. The number of aromatic nitrogens is 3. The van der Waals surface area contributed by atoms with Gasteiger partial charge < -0.3 is 10.0 Å². The van der Waals surface area contributed by atoms with E-state index in [2.05, 4.69) is 15.2 Å². The Morgan fingerprint density at radius 1 is 1.33 bits per heavy atom. The van der Waals surface area contributed by atoms with Crippen LogP contribution in [0, 0.1) is 0 Å². The lowest BCUT2D eigenvalue weighted by atomic mass is 10.1. The highest BCUT2D eigenvalue weighted by molar-refractivity contribution is 7.07. The maximum atomic E-state index is 11.4. The summed E-state index contributed by atoms with van der Waals surface area (Å²) in [6, 6.07) is 7.37. The molecule has 0 unspecified atom stereocenters. The van der Waals surface area contributed by atoms with Crippen LogP contribution in [0.5, 0.6) is 0 Å². The van der Waals surface area contributed by atoms with Gasteiger partial charge in [0.25, 0.3) is 0 Å². The molecule has 3 rings (SSSR count). The van der Waals surface area contributed by atoms with E-state index in [1.54, 1.807) is 5.51 Å². The number of thiazole rings is 1. The summed E-state index contributed by atoms with van der Waals surface area (Å²) in [4.78, 5) is 17.5. The Labute approximate surface area is 124 Å². The van der Waals surface area contributed by atoms with Gasteiger partial charge in [-0.25, -0.2) is 9.78 Å². The molecule has 1 N–H and O–H groups in total. The lowest BCUT2D eigenvalue weighted by Crippen LogP contribution is -2.21. The zero-order chi connectivity index (χ0) is 14.8. The summed E-state index contributed by atoms with van der Waals surface area (Å²) in [5.41, 5.74) is 3.82. The second kappa shape index (κ2) is 5.45. The Bertz CT molecular complexity index is 789. The Hall–Kier alpha value is -2.54. The standard InChI is InChI=1S/C14H12N4O2S/c1-18(6-9-7-21-8-15-9)13-10-4-2-3-5-11(10)16-17-12(13)14(19)20/h2-5,7-8H,6H2,1H3,(H,19,20). The fourth-order valence-electron chi connectivity index (χ4n) is 2.21. The summed E-state index contributed by atoms with van der Waals surface area (Å²) in [6.45, 7) is 0.513. The Balaban J connectivity index is 2.13. The largest absolute Gasteiger partial charge is 0.476 e. The van der Waals surface area contributed by atoms with Crippen LogP contribution in [0.15, 0.2) is 35.2 Å². The Morgan fingerprint density at radius 2 is 2.14 bits per heavy atom. The van der Waals surface area contributed by atoms with Gasteiger partial charge in [0.1, 0.15) is 0 Å². The van der Waals surface area contributed by atoms with Crippen LogP contribution in [-0.2, 0) is 6.54 Å². The molecule has 106 valence electrons. The summed E-state index contributed by atoms with van der Waals surface area (Å²) < 4.78 is 0. The van der Waals surface area contributed by atoms with Crippen molar-refractivity contribution in [2.24, 2.45) is 0 Å². The van der Waals surface area contributed by atoms with Crippen LogP contribution in [0.3, 0.4) is 0 Å². The van der Waals surface area contributed by atoms with Crippen molar-refractivity contribution in [2.45, 2.75) is 6.54 Å². The fourth-order valence-corrected chi connectivity index (χ4v) is 2.76. The highest BCUT2D eigenvalue weighted by Crippen LogP contribution is 2.28. The molecule has 0 aliphatic rings. The van der Waals surface area contributed by atoms with Crippen molar-refractivity contribution in [3.63, 3.8) is 0 Å². The van der Waals surface area contributed by atoms with Crippen molar-refractivity contribution in [3.8, 4) is 0 Å². The smallest absolute Gasteiger partial charge is 0.358 e. The van der Waals surface area contributed by atoms with Crippen molar-refractivity contribution in [3.05, 3.63) is 46.5 Å². The first-order chi connectivity index (χ1) is 10.2. The predicted octanol–water partition coefficient (Wildman–Crippen LogP) is 2.42. The molecule has 0 radical (unpaired) electrons. The molecule has 21 heavy (non-hydrogen) atoms. The zero-order valence-corrected chi connectivity index (χ0v) is 12.0. The molecule has 0 bridgehead atoms. The number of aromatic carboxylic acids is 1. The zero-order valence-electron chi connectivity index (χ0n) is 11.2. The van der Waals surface area contributed by atoms with E-state index >= 15 is 0 Å². The Kier molecular flexibility index (Phi) is 3.49. The van der Waals surface area contributed by atoms with Crippen molar-refractivity contribution in [2.75, 3.05) is 11.9 Å². The monoisotopic (exact) mass is 300 g/mol. The number of fused-ring (bicyclic) bond motifs is 1. The van der Waals surface area contributed by atoms with Crippen molar-refractivity contribution in [1.82, 2.24) is 15.2 Å². The third kappa shape index (κ3) is 2.55. The molecule has 7 heteroatoms. The van der Waals surface area contributed by atoms with E-state index in [9.17, 15) is 9.90 Å². The molecule has 0 spiro atoms. The average molecular weight is 300 g/mol. The quantitative estimate of drug-likeness (QED) is 0.797. The van der Waals surface area contributed by atoms with Gasteiger partial charge in [0, 0.05) is 17.8 Å². The summed E-state index contributed by atoms with van der Waals surface area (Å²) in [6.07, 6.45) is 0. The first-order valence-electron chi connectivity index (χ1n) is 6.23. The topological polar surface area (TPSA) is 79.2 Å². The second-order valence-corrected chi connectivity index (χ2v) is 5.27. The normalized spacial score (nSPS) is 10.7. The molecule has 0 amide bonds. The minimum atomic E-state index is -1.09. The molecule has 1 aromatic carbocycles. The molecule has 2 heterocycles. The van der Waals surface area contributed by atoms with Gasteiger partial charge in [-0.3, -0.25) is 0 Å². The minimum Gasteiger partial charge on any atom is -0.476 e. The lowest BCUT2D eigenvalue weighted by Gasteiger charge is -2.21. The lowest BCUT2D eigenvalue weighted by molar-refractivity contribution is 0.0690. The van der Waals surface area contributed by atoms with E-state index in [1.807, 2.05) is 41.6 Å². The average Bonchev–Trinajstić information content (AvgIpc) is 2.98. The summed E-state index contributed by atoms with van der Waals surface area (Å²) in [5, 5.41) is 19.9. The van der Waals surface area contributed by atoms with Gasteiger partial charge in [-0.1, -0.05) is 18.2 Å². The number of hydrogen-bond acceptors (Lipinski definition) is 6. The van der Waals surface area contributed by atoms with Crippen LogP contribution in [0.4, 0.5) is 5.69 Å². The van der Waals surface area contributed by atoms with Crippen molar-refractivity contribution in [1.29, 1.82) is 0 Å². The van der Waals surface area contributed by atoms with Gasteiger partial charge in [-0.15, -0.1) is 21.5 Å². The molecule has 0 fully saturated rings. The molecule has 0 aliphatic heterocycles. The summed E-state index contributed by atoms with van der Waals surface area (Å²) in [5.74, 6) is -1.09. The van der Waals surface area contributed by atoms with E-state index in [-0.39, 0.29) is 5.69 Å². The molecule has 0 saturated heterocycles. The summed E-state index contributed by atoms with van der Waals surface area (Å²) in [7, 11) is 1.83. The molecule has 3 aromatic rings. The maximum Gasteiger partial charge on any atom is 0.358 e. The predicted molar refractivity (Wildman–Crippen MR) is 80.7 cm³/mol. The van der Waals surface area contributed by atoms with Crippen LogP contribution in [-0.4, -0.2) is 33.3 Å². The van der Waals surface area contributed by atoms with Crippen molar-refractivity contribution < 1.29 is 9.90 Å². The van der Waals surface area contributed by atoms with E-state index in [1.165, 1.54) is 11.3 Å². The molecule has 0 saturated carbocycles. The van der Waals surface area contributed by atoms with Crippen LogP contribution >= 0.6 is 11.3 Å². The molecule has 0 aliphatic carbocycles. The van der Waals surface area contributed by atoms with Gasteiger partial charge in [0.2, 0.25) is 0 Å². The third-order valence-electron chi connectivity index (χ3n) is 3.11. The number of carboxylic acids is 1. The minimum absolute atomic E-state index is 0.0496. The molecule has 0 atom stereocenters. The van der Waals surface area contributed by atoms with Gasteiger partial charge in [-0.2, -0.15) is 0 Å². The van der Waals surface area contributed by atoms with Gasteiger partial charge in [0.05, 0.1) is 29.0 Å². The van der Waals surface area contributed by atoms with Crippen LogP contribution < -0.4 is 4.90 Å². The summed E-state index contributed by atoms with van der Waals surface area (Å²) >= 11 is 1.51. The van der Waals surface area contributed by atoms with Crippen LogP contribution in [0.2, 0.25) is 0 Å². The van der Waals surface area contributed by atoms with Crippen molar-refractivity contribution >= 4 is 33.9 Å². The van der Waals surface area contributed by atoms with E-state index in [4.69, 9.17) is 0 Å². The van der Waals surface area contributed by atoms with Gasteiger partial charge >= 0.3 is 5.97 Å². The first kappa shape index (κ1) is 13.4. The van der Waals surface area contributed by atoms with Gasteiger partial charge in [0.15, 0.2) is 5.69 Å². The molecular weight excluding hydrogens is 288 g/mol. The van der Waals surface area contributed by atoms with E-state index < -0.39 is 5.97 Å². The number of carbonyl (C=O) groups is 1. The Morgan fingerprint density at radius 3 is 2.86 bits per heavy atom. The van der Waals surface area contributed by atoms with Gasteiger partial charge in [-0.05, 0) is 6.07 Å². The first-order valence-corrected chi connectivity index (χ1v) is 7.18. The number of anilines is 1. The number of nitrogens with zero attached hydrogens (tertiary/aromatic N) is 4. The maximum absolute atomic E-state index is 11.4. The number of carboxylic acid groups (broad SMARTS) is 1. The third-order valence-corrected chi connectivity index (χ3v) is 3.74. The van der Waals surface area contributed by atoms with E-state index in [0.717, 1.165) is 11.1 Å². The SMILES string of the molecule is CN(Cc1cscn1)c1c(C(=O)O)nnc2ccccc12. The second-order valence-electron chi connectivity index (χ2n) is 4.56.